The van der Waals surface area contributed by atoms with Crippen LogP contribution in [0.25, 0.3) is 0 Å². The fraction of sp³-hybridized carbons (Fsp3) is 0.333. The van der Waals surface area contributed by atoms with Crippen LogP contribution in [0.1, 0.15) is 24.0 Å². The van der Waals surface area contributed by atoms with Gasteiger partial charge in [0.15, 0.2) is 0 Å². The first-order chi connectivity index (χ1) is 6.21. The van der Waals surface area contributed by atoms with Crippen LogP contribution in [-0.4, -0.2) is 0 Å². The third kappa shape index (κ3) is 1.72. The molecule has 0 nitrogen and oxygen atoms in total. The SMILES string of the molecule is C[C]([Zr+3])(C1=CC=CC1)C1=CC=CC1.[H-].[H-].[H-]. The predicted molar refractivity (Wildman–Crippen MR) is 55.4 cm³/mol. The van der Waals surface area contributed by atoms with Crippen LogP contribution in [0, 0.1) is 0 Å². The number of hydrogen-bond donors (Lipinski definition) is 0. The van der Waals surface area contributed by atoms with Crippen molar-refractivity contribution in [2.45, 2.75) is 22.9 Å². The first-order valence-corrected chi connectivity index (χ1v) is 5.91. The molecule has 0 spiro atoms. The van der Waals surface area contributed by atoms with Gasteiger partial charge in [0, 0.05) is 0 Å². The summed E-state index contributed by atoms with van der Waals surface area (Å²) < 4.78 is 0.347. The Balaban J connectivity index is 0. The Kier molecular flexibility index (Phi) is 2.56. The molecule has 2 rings (SSSR count). The number of allylic oxidation sites excluding steroid dienone is 8. The molecule has 0 atom stereocenters. The first-order valence-electron chi connectivity index (χ1n) is 4.68. The Hall–Kier alpha value is -0.157. The summed E-state index contributed by atoms with van der Waals surface area (Å²) in [5.41, 5.74) is 3.17. The van der Waals surface area contributed by atoms with E-state index in [1.54, 1.807) is 35.9 Å². The summed E-state index contributed by atoms with van der Waals surface area (Å²) in [6.45, 7) is 2.36. The van der Waals surface area contributed by atoms with Gasteiger partial charge in [-0.1, -0.05) is 0 Å². The summed E-state index contributed by atoms with van der Waals surface area (Å²) in [6, 6.07) is 0. The predicted octanol–water partition coefficient (Wildman–Crippen LogP) is 3.82. The maximum absolute atomic E-state index is 2.36. The van der Waals surface area contributed by atoms with E-state index < -0.39 is 0 Å². The van der Waals surface area contributed by atoms with Crippen LogP contribution < -0.4 is 0 Å². The molecule has 0 aliphatic heterocycles. The van der Waals surface area contributed by atoms with Gasteiger partial charge in [0.1, 0.15) is 0 Å². The monoisotopic (exact) mass is 250 g/mol. The van der Waals surface area contributed by atoms with E-state index in [1.807, 2.05) is 0 Å². The number of rotatable bonds is 2. The van der Waals surface area contributed by atoms with Gasteiger partial charge >= 0.3 is 95.2 Å². The average Bonchev–Trinajstić information content (AvgIpc) is 2.78. The fourth-order valence-corrected chi connectivity index (χ4v) is 2.75. The van der Waals surface area contributed by atoms with Gasteiger partial charge in [-0.3, -0.25) is 0 Å². The molecule has 0 saturated carbocycles. The van der Waals surface area contributed by atoms with Crippen LogP contribution in [0.4, 0.5) is 0 Å². The van der Waals surface area contributed by atoms with Crippen LogP contribution in [-0.2, 0) is 24.7 Å². The zero-order valence-corrected chi connectivity index (χ0v) is 10.3. The molecule has 0 heterocycles. The topological polar surface area (TPSA) is 0 Å². The second kappa shape index (κ2) is 3.54. The van der Waals surface area contributed by atoms with Crippen molar-refractivity contribution in [2.75, 3.05) is 0 Å². The van der Waals surface area contributed by atoms with Crippen LogP contribution in [0.15, 0.2) is 47.6 Å². The Labute approximate surface area is 99.4 Å². The smallest absolute Gasteiger partial charge is 1.00 e. The van der Waals surface area contributed by atoms with E-state index in [1.165, 1.54) is 0 Å². The van der Waals surface area contributed by atoms with Gasteiger partial charge in [-0.15, -0.1) is 0 Å². The Morgan fingerprint density at radius 1 is 1.15 bits per heavy atom. The second-order valence-corrected chi connectivity index (χ2v) is 6.23. The van der Waals surface area contributed by atoms with Gasteiger partial charge < -0.3 is 4.28 Å². The molecular weight excluding hydrogens is 235 g/mol. The minimum atomic E-state index is 0. The molecule has 0 aromatic heterocycles. The van der Waals surface area contributed by atoms with Crippen LogP contribution in [0.3, 0.4) is 0 Å². The first kappa shape index (κ1) is 9.40. The summed E-state index contributed by atoms with van der Waals surface area (Å²) >= 11 is 1.61. The molecule has 1 heteroatoms. The normalized spacial score (nSPS) is 20.8. The molecule has 0 saturated heterocycles. The summed E-state index contributed by atoms with van der Waals surface area (Å²) in [6.07, 6.45) is 15.7. The van der Waals surface area contributed by atoms with Crippen LogP contribution in [0.5, 0.6) is 0 Å². The molecule has 2 aliphatic rings. The molecule has 13 heavy (non-hydrogen) atoms. The second-order valence-electron chi connectivity index (χ2n) is 3.77. The largest absolute Gasteiger partial charge is 1.00 e. The van der Waals surface area contributed by atoms with Crippen molar-refractivity contribution in [1.29, 1.82) is 0 Å². The van der Waals surface area contributed by atoms with Gasteiger partial charge in [-0.25, -0.2) is 0 Å². The van der Waals surface area contributed by atoms with Gasteiger partial charge in [0.25, 0.3) is 0 Å². The maximum atomic E-state index is 2.36. The van der Waals surface area contributed by atoms with E-state index in [4.69, 9.17) is 0 Å². The van der Waals surface area contributed by atoms with Crippen molar-refractivity contribution in [3.05, 3.63) is 47.6 Å². The van der Waals surface area contributed by atoms with E-state index in [0.717, 1.165) is 12.8 Å². The summed E-state index contributed by atoms with van der Waals surface area (Å²) in [5, 5.41) is 0. The van der Waals surface area contributed by atoms with Gasteiger partial charge in [-0.05, 0) is 0 Å². The van der Waals surface area contributed by atoms with Crippen molar-refractivity contribution >= 4 is 0 Å². The minimum absolute atomic E-state index is 0. The Morgan fingerprint density at radius 2 is 1.62 bits per heavy atom. The molecule has 2 aliphatic carbocycles. The molecule has 0 N–H and O–H groups in total. The van der Waals surface area contributed by atoms with Crippen LogP contribution in [0.2, 0.25) is 3.12 Å². The standard InChI is InChI=1S/C12H13.Zr.3H/c1-10(11-6-2-3-7-11)12-8-4-5-9-12;;;;/h2-6,8H,7,9H2,1H3;;;;/q;+3;3*-1. The zero-order chi connectivity index (χ0) is 9.31. The third-order valence-electron chi connectivity index (χ3n) is 2.83. The minimum Gasteiger partial charge on any atom is -1.00 e. The Morgan fingerprint density at radius 3 is 1.92 bits per heavy atom. The molecule has 0 fully saturated rings. The fourth-order valence-electron chi connectivity index (χ4n) is 1.84. The molecule has 0 radical (unpaired) electrons. The molecule has 0 aromatic carbocycles. The molecule has 0 bridgehead atoms. The number of hydrogen-bond acceptors (Lipinski definition) is 0. The third-order valence-corrected chi connectivity index (χ3v) is 4.41. The molecule has 68 valence electrons. The van der Waals surface area contributed by atoms with Gasteiger partial charge in [-0.2, -0.15) is 0 Å². The van der Waals surface area contributed by atoms with Gasteiger partial charge in [0.05, 0.1) is 0 Å². The van der Waals surface area contributed by atoms with E-state index in [9.17, 15) is 0 Å². The van der Waals surface area contributed by atoms with E-state index in [2.05, 4.69) is 43.4 Å². The van der Waals surface area contributed by atoms with Crippen molar-refractivity contribution in [3.63, 3.8) is 0 Å². The average molecular weight is 251 g/mol. The van der Waals surface area contributed by atoms with Crippen molar-refractivity contribution in [1.82, 2.24) is 0 Å². The van der Waals surface area contributed by atoms with Crippen molar-refractivity contribution in [2.24, 2.45) is 0 Å². The van der Waals surface area contributed by atoms with Crippen molar-refractivity contribution < 1.29 is 29.0 Å². The molecule has 0 unspecified atom stereocenters. The van der Waals surface area contributed by atoms with Crippen molar-refractivity contribution in [3.8, 4) is 0 Å². The van der Waals surface area contributed by atoms with Crippen LogP contribution >= 0.6 is 0 Å². The summed E-state index contributed by atoms with van der Waals surface area (Å²) in [5.74, 6) is 0. The molecule has 0 amide bonds. The van der Waals surface area contributed by atoms with E-state index in [-0.39, 0.29) is 4.28 Å². The quantitative estimate of drug-likeness (QED) is 0.700. The summed E-state index contributed by atoms with van der Waals surface area (Å²) in [7, 11) is 0. The molecular formula is C12H16Zr. The summed E-state index contributed by atoms with van der Waals surface area (Å²) in [4.78, 5) is 0. The maximum Gasteiger partial charge on any atom is -1.00 e. The van der Waals surface area contributed by atoms with E-state index >= 15 is 0 Å². The van der Waals surface area contributed by atoms with E-state index in [0.29, 0.717) is 3.12 Å². The van der Waals surface area contributed by atoms with Gasteiger partial charge in [0.2, 0.25) is 0 Å². The Bertz CT molecular complexity index is 306. The molecule has 0 aromatic rings. The zero-order valence-electron chi connectivity index (χ0n) is 10.9.